The largest absolute Gasteiger partial charge is 0.463 e. The molecule has 1 aliphatic rings. The predicted molar refractivity (Wildman–Crippen MR) is 109 cm³/mol. The standard InChI is InChI=1S/C22H30N2O5/c1-16(14-25)23-20(26)13-18-10-6-3-7-11-21(27)29-15-19(24-22(18)28)12-17-8-4-2-5-9-17/h2-6,8-9,16,18-19,25H,7,10-15H2,1H3,(H,23,26)(H,24,28)/t16-,18+,19-/m0/s1. The van der Waals surface area contributed by atoms with Gasteiger partial charge >= 0.3 is 5.97 Å². The Balaban J connectivity index is 2.10. The van der Waals surface area contributed by atoms with Gasteiger partial charge in [-0.1, -0.05) is 42.5 Å². The molecule has 0 aliphatic carbocycles. The quantitative estimate of drug-likeness (QED) is 0.494. The Morgan fingerprint density at radius 2 is 2.03 bits per heavy atom. The molecule has 2 amide bonds. The molecule has 1 heterocycles. The number of amides is 2. The van der Waals surface area contributed by atoms with Crippen LogP contribution in [-0.4, -0.2) is 48.2 Å². The summed E-state index contributed by atoms with van der Waals surface area (Å²) >= 11 is 0. The Labute approximate surface area is 171 Å². The van der Waals surface area contributed by atoms with Gasteiger partial charge in [-0.2, -0.15) is 0 Å². The van der Waals surface area contributed by atoms with Gasteiger partial charge in [-0.05, 0) is 31.7 Å². The number of esters is 1. The molecule has 158 valence electrons. The molecule has 1 aliphatic heterocycles. The molecule has 0 spiro atoms. The number of hydrogen-bond donors (Lipinski definition) is 3. The third-order valence-corrected chi connectivity index (χ3v) is 4.70. The highest BCUT2D eigenvalue weighted by Crippen LogP contribution is 2.14. The summed E-state index contributed by atoms with van der Waals surface area (Å²) in [6.07, 6.45) is 5.42. The summed E-state index contributed by atoms with van der Waals surface area (Å²) < 4.78 is 5.34. The van der Waals surface area contributed by atoms with E-state index in [-0.39, 0.29) is 55.9 Å². The van der Waals surface area contributed by atoms with E-state index in [0.29, 0.717) is 19.3 Å². The number of hydrogen-bond acceptors (Lipinski definition) is 5. The molecular weight excluding hydrogens is 372 g/mol. The van der Waals surface area contributed by atoms with E-state index in [0.717, 1.165) is 5.56 Å². The molecule has 7 nitrogen and oxygen atoms in total. The molecule has 1 aromatic carbocycles. The van der Waals surface area contributed by atoms with Crippen LogP contribution in [0.3, 0.4) is 0 Å². The summed E-state index contributed by atoms with van der Waals surface area (Å²) in [5.74, 6) is -1.36. The van der Waals surface area contributed by atoms with Gasteiger partial charge in [0.2, 0.25) is 11.8 Å². The zero-order valence-electron chi connectivity index (χ0n) is 16.8. The van der Waals surface area contributed by atoms with Crippen molar-refractivity contribution in [2.45, 2.75) is 51.1 Å². The predicted octanol–water partition coefficient (Wildman–Crippen LogP) is 1.50. The summed E-state index contributed by atoms with van der Waals surface area (Å²) in [7, 11) is 0. The Hall–Kier alpha value is -2.67. The maximum Gasteiger partial charge on any atom is 0.306 e. The van der Waals surface area contributed by atoms with E-state index in [4.69, 9.17) is 9.84 Å². The third kappa shape index (κ3) is 8.48. The van der Waals surface area contributed by atoms with Crippen molar-refractivity contribution in [3.63, 3.8) is 0 Å². The van der Waals surface area contributed by atoms with Gasteiger partial charge in [0.25, 0.3) is 0 Å². The summed E-state index contributed by atoms with van der Waals surface area (Å²) in [5.41, 5.74) is 1.02. The van der Waals surface area contributed by atoms with Crippen molar-refractivity contribution in [3.8, 4) is 0 Å². The molecule has 0 aromatic heterocycles. The summed E-state index contributed by atoms with van der Waals surface area (Å²) in [6, 6.07) is 8.91. The number of rotatable bonds is 6. The first-order chi connectivity index (χ1) is 14.0. The zero-order valence-corrected chi connectivity index (χ0v) is 16.8. The molecule has 0 radical (unpaired) electrons. The number of aliphatic hydroxyl groups is 1. The third-order valence-electron chi connectivity index (χ3n) is 4.70. The van der Waals surface area contributed by atoms with Gasteiger partial charge in [0.1, 0.15) is 6.61 Å². The summed E-state index contributed by atoms with van der Waals surface area (Å²) in [6.45, 7) is 1.62. The second-order valence-electron chi connectivity index (χ2n) is 7.38. The van der Waals surface area contributed by atoms with Crippen LogP contribution in [-0.2, 0) is 25.5 Å². The van der Waals surface area contributed by atoms with E-state index >= 15 is 0 Å². The fourth-order valence-corrected chi connectivity index (χ4v) is 3.10. The highest BCUT2D eigenvalue weighted by Gasteiger charge is 2.25. The maximum absolute atomic E-state index is 12.9. The lowest BCUT2D eigenvalue weighted by atomic mass is 9.97. The molecule has 3 N–H and O–H groups in total. The molecular formula is C22H30N2O5. The number of allylic oxidation sites excluding steroid dienone is 2. The van der Waals surface area contributed by atoms with Crippen LogP contribution in [0.2, 0.25) is 0 Å². The van der Waals surface area contributed by atoms with Crippen molar-refractivity contribution in [2.75, 3.05) is 13.2 Å². The van der Waals surface area contributed by atoms with Gasteiger partial charge in [0.05, 0.1) is 18.6 Å². The Bertz CT molecular complexity index is 704. The fourth-order valence-electron chi connectivity index (χ4n) is 3.10. The molecule has 1 aromatic rings. The minimum Gasteiger partial charge on any atom is -0.463 e. The highest BCUT2D eigenvalue weighted by molar-refractivity contribution is 5.86. The lowest BCUT2D eigenvalue weighted by molar-refractivity contribution is -0.145. The van der Waals surface area contributed by atoms with E-state index in [1.807, 2.05) is 42.5 Å². The lowest BCUT2D eigenvalue weighted by Crippen LogP contribution is -2.45. The number of aliphatic hydroxyl groups excluding tert-OH is 1. The van der Waals surface area contributed by atoms with Crippen LogP contribution >= 0.6 is 0 Å². The normalized spacial score (nSPS) is 21.9. The molecule has 0 bridgehead atoms. The van der Waals surface area contributed by atoms with Crippen molar-refractivity contribution in [1.82, 2.24) is 10.6 Å². The average Bonchev–Trinajstić information content (AvgIpc) is 2.70. The van der Waals surface area contributed by atoms with E-state index in [9.17, 15) is 14.4 Å². The average molecular weight is 402 g/mol. The van der Waals surface area contributed by atoms with Gasteiger partial charge in [-0.3, -0.25) is 14.4 Å². The van der Waals surface area contributed by atoms with Crippen molar-refractivity contribution < 1.29 is 24.2 Å². The van der Waals surface area contributed by atoms with Crippen molar-refractivity contribution >= 4 is 17.8 Å². The van der Waals surface area contributed by atoms with Crippen LogP contribution in [0.1, 0.15) is 38.2 Å². The first kappa shape index (κ1) is 22.6. The molecule has 2 rings (SSSR count). The molecule has 0 saturated heterocycles. The Morgan fingerprint density at radius 1 is 1.28 bits per heavy atom. The van der Waals surface area contributed by atoms with Gasteiger partial charge < -0.3 is 20.5 Å². The second kappa shape index (κ2) is 12.0. The van der Waals surface area contributed by atoms with Gasteiger partial charge in [0.15, 0.2) is 0 Å². The van der Waals surface area contributed by atoms with Crippen LogP contribution in [0.25, 0.3) is 0 Å². The number of benzene rings is 1. The first-order valence-electron chi connectivity index (χ1n) is 10.0. The SMILES string of the molecule is C[C@@H](CO)NC(=O)C[C@H]1CC=CCCC(=O)OC[C@H](Cc2ccccc2)NC1=O. The van der Waals surface area contributed by atoms with Crippen LogP contribution < -0.4 is 10.6 Å². The second-order valence-corrected chi connectivity index (χ2v) is 7.38. The smallest absolute Gasteiger partial charge is 0.306 e. The fraction of sp³-hybridized carbons (Fsp3) is 0.500. The van der Waals surface area contributed by atoms with Crippen molar-refractivity contribution in [3.05, 3.63) is 48.0 Å². The van der Waals surface area contributed by atoms with Gasteiger partial charge in [-0.15, -0.1) is 0 Å². The van der Waals surface area contributed by atoms with Gasteiger partial charge in [0, 0.05) is 18.9 Å². The Morgan fingerprint density at radius 3 is 2.76 bits per heavy atom. The molecule has 7 heteroatoms. The van der Waals surface area contributed by atoms with Crippen molar-refractivity contribution in [1.29, 1.82) is 0 Å². The first-order valence-corrected chi connectivity index (χ1v) is 10.0. The number of cyclic esters (lactones) is 1. The monoisotopic (exact) mass is 402 g/mol. The Kier molecular flexibility index (Phi) is 9.37. The van der Waals surface area contributed by atoms with E-state index in [1.54, 1.807) is 6.92 Å². The number of ether oxygens (including phenoxy) is 1. The lowest BCUT2D eigenvalue weighted by Gasteiger charge is -2.23. The number of nitrogens with one attached hydrogen (secondary N) is 2. The zero-order chi connectivity index (χ0) is 21.1. The molecule has 0 unspecified atom stereocenters. The van der Waals surface area contributed by atoms with Gasteiger partial charge in [-0.25, -0.2) is 0 Å². The number of carbonyl (C=O) groups excluding carboxylic acids is 3. The summed E-state index contributed by atoms with van der Waals surface area (Å²) in [4.78, 5) is 37.0. The molecule has 0 fully saturated rings. The maximum atomic E-state index is 12.9. The topological polar surface area (TPSA) is 105 Å². The molecule has 3 atom stereocenters. The van der Waals surface area contributed by atoms with Crippen LogP contribution in [0.4, 0.5) is 0 Å². The van der Waals surface area contributed by atoms with Crippen LogP contribution in [0.15, 0.2) is 42.5 Å². The van der Waals surface area contributed by atoms with Crippen LogP contribution in [0.5, 0.6) is 0 Å². The highest BCUT2D eigenvalue weighted by atomic mass is 16.5. The van der Waals surface area contributed by atoms with Crippen LogP contribution in [0, 0.1) is 5.92 Å². The van der Waals surface area contributed by atoms with E-state index in [2.05, 4.69) is 10.6 Å². The minimum absolute atomic E-state index is 0.0261. The molecule has 0 saturated carbocycles. The number of carbonyl (C=O) groups is 3. The van der Waals surface area contributed by atoms with E-state index < -0.39 is 5.92 Å². The van der Waals surface area contributed by atoms with E-state index in [1.165, 1.54) is 0 Å². The minimum atomic E-state index is -0.537. The summed E-state index contributed by atoms with van der Waals surface area (Å²) in [5, 5.41) is 14.7. The van der Waals surface area contributed by atoms with Crippen molar-refractivity contribution in [2.24, 2.45) is 5.92 Å². The molecule has 29 heavy (non-hydrogen) atoms.